The molecule has 0 heterocycles. The number of nitro groups is 1. The highest BCUT2D eigenvalue weighted by Gasteiger charge is 2.04. The van der Waals surface area contributed by atoms with Crippen LogP contribution in [0.25, 0.3) is 6.08 Å². The Morgan fingerprint density at radius 2 is 1.46 bits per heavy atom. The van der Waals surface area contributed by atoms with Crippen molar-refractivity contribution in [2.75, 3.05) is 0 Å². The molecule has 0 aliphatic carbocycles. The fourth-order valence-corrected chi connectivity index (χ4v) is 2.59. The van der Waals surface area contributed by atoms with Crippen molar-refractivity contribution in [1.82, 2.24) is 0 Å². The van der Waals surface area contributed by atoms with E-state index in [1.807, 2.05) is 42.5 Å². The van der Waals surface area contributed by atoms with Crippen molar-refractivity contribution in [2.45, 2.75) is 6.42 Å². The molecule has 0 fully saturated rings. The second-order valence-corrected chi connectivity index (χ2v) is 5.91. The van der Waals surface area contributed by atoms with Crippen LogP contribution >= 0.6 is 0 Å². The summed E-state index contributed by atoms with van der Waals surface area (Å²) in [5, 5.41) is 10.6. The second kappa shape index (κ2) is 8.03. The molecule has 3 aromatic rings. The second-order valence-electron chi connectivity index (χ2n) is 5.91. The zero-order valence-corrected chi connectivity index (χ0v) is 14.0. The highest BCUT2D eigenvalue weighted by Crippen LogP contribution is 2.14. The summed E-state index contributed by atoms with van der Waals surface area (Å²) in [5.41, 5.74) is 3.75. The van der Waals surface area contributed by atoms with Gasteiger partial charge in [-0.3, -0.25) is 14.9 Å². The molecular formula is C22H17NO3. The molecule has 0 amide bonds. The molecule has 0 saturated heterocycles. The summed E-state index contributed by atoms with van der Waals surface area (Å²) < 4.78 is 0. The summed E-state index contributed by atoms with van der Waals surface area (Å²) in [4.78, 5) is 22.5. The smallest absolute Gasteiger partial charge is 0.269 e. The highest BCUT2D eigenvalue weighted by molar-refractivity contribution is 6.06. The van der Waals surface area contributed by atoms with Crippen molar-refractivity contribution in [3.63, 3.8) is 0 Å². The maximum Gasteiger partial charge on any atom is 0.269 e. The molecular weight excluding hydrogens is 326 g/mol. The van der Waals surface area contributed by atoms with E-state index < -0.39 is 4.92 Å². The molecule has 0 N–H and O–H groups in total. The van der Waals surface area contributed by atoms with Crippen molar-refractivity contribution in [3.05, 3.63) is 117 Å². The van der Waals surface area contributed by atoms with E-state index in [4.69, 9.17) is 0 Å². The number of hydrogen-bond acceptors (Lipinski definition) is 3. The van der Waals surface area contributed by atoms with Crippen LogP contribution in [-0.4, -0.2) is 10.7 Å². The lowest BCUT2D eigenvalue weighted by Gasteiger charge is -2.03. The van der Waals surface area contributed by atoms with Gasteiger partial charge in [-0.25, -0.2) is 0 Å². The SMILES string of the molecule is O=C(/C=C/c1ccc([N+](=O)[O-])cc1)c1ccc(Cc2ccccc2)cc1. The van der Waals surface area contributed by atoms with E-state index in [-0.39, 0.29) is 11.5 Å². The number of hydrogen-bond donors (Lipinski definition) is 0. The predicted molar refractivity (Wildman–Crippen MR) is 102 cm³/mol. The number of non-ortho nitro benzene ring substituents is 1. The Morgan fingerprint density at radius 3 is 2.08 bits per heavy atom. The summed E-state index contributed by atoms with van der Waals surface area (Å²) in [7, 11) is 0. The van der Waals surface area contributed by atoms with Gasteiger partial charge < -0.3 is 0 Å². The number of benzene rings is 3. The average molecular weight is 343 g/mol. The van der Waals surface area contributed by atoms with E-state index in [9.17, 15) is 14.9 Å². The van der Waals surface area contributed by atoms with Crippen molar-refractivity contribution in [1.29, 1.82) is 0 Å². The fourth-order valence-electron chi connectivity index (χ4n) is 2.59. The molecule has 0 unspecified atom stereocenters. The fraction of sp³-hybridized carbons (Fsp3) is 0.0455. The minimum atomic E-state index is -0.449. The van der Waals surface area contributed by atoms with Gasteiger partial charge in [0.2, 0.25) is 0 Å². The van der Waals surface area contributed by atoms with Crippen LogP contribution in [0.5, 0.6) is 0 Å². The van der Waals surface area contributed by atoms with Crippen LogP contribution in [0.3, 0.4) is 0 Å². The Hall–Kier alpha value is -3.53. The summed E-state index contributed by atoms with van der Waals surface area (Å²) in [6, 6.07) is 23.8. The largest absolute Gasteiger partial charge is 0.289 e. The molecule has 0 radical (unpaired) electrons. The first kappa shape index (κ1) is 17.3. The van der Waals surface area contributed by atoms with Gasteiger partial charge in [0.1, 0.15) is 0 Å². The van der Waals surface area contributed by atoms with Gasteiger partial charge in [0, 0.05) is 17.7 Å². The quantitative estimate of drug-likeness (QED) is 0.271. The van der Waals surface area contributed by atoms with Crippen molar-refractivity contribution >= 4 is 17.5 Å². The minimum Gasteiger partial charge on any atom is -0.289 e. The van der Waals surface area contributed by atoms with E-state index >= 15 is 0 Å². The van der Waals surface area contributed by atoms with Gasteiger partial charge in [0.25, 0.3) is 5.69 Å². The molecule has 3 rings (SSSR count). The molecule has 0 atom stereocenters. The number of nitrogens with zero attached hydrogens (tertiary/aromatic N) is 1. The van der Waals surface area contributed by atoms with Crippen LogP contribution < -0.4 is 0 Å². The van der Waals surface area contributed by atoms with Gasteiger partial charge in [0.05, 0.1) is 4.92 Å². The topological polar surface area (TPSA) is 60.2 Å². The average Bonchev–Trinajstić information content (AvgIpc) is 2.68. The number of ketones is 1. The van der Waals surface area contributed by atoms with E-state index in [1.54, 1.807) is 18.2 Å². The van der Waals surface area contributed by atoms with E-state index in [0.717, 1.165) is 17.5 Å². The Labute approximate surface area is 151 Å². The molecule has 0 aromatic heterocycles. The van der Waals surface area contributed by atoms with E-state index in [1.165, 1.54) is 23.8 Å². The number of rotatable bonds is 6. The van der Waals surface area contributed by atoms with Gasteiger partial charge in [0.15, 0.2) is 5.78 Å². The standard InChI is InChI=1S/C22H17NO3/c24-22(15-10-17-8-13-21(14-9-17)23(25)26)20-11-6-19(7-12-20)16-18-4-2-1-3-5-18/h1-15H,16H2/b15-10+. The van der Waals surface area contributed by atoms with Crippen LogP contribution in [0, 0.1) is 10.1 Å². The molecule has 0 aliphatic rings. The third-order valence-corrected chi connectivity index (χ3v) is 4.02. The lowest BCUT2D eigenvalue weighted by molar-refractivity contribution is -0.384. The van der Waals surface area contributed by atoms with Gasteiger partial charge in [-0.2, -0.15) is 0 Å². The molecule has 4 nitrogen and oxygen atoms in total. The molecule has 0 spiro atoms. The van der Waals surface area contributed by atoms with Crippen LogP contribution in [0.1, 0.15) is 27.0 Å². The molecule has 128 valence electrons. The third kappa shape index (κ3) is 4.51. The summed E-state index contributed by atoms with van der Waals surface area (Å²) in [5.74, 6) is -0.102. The number of nitro benzene ring substituents is 1. The Balaban J connectivity index is 1.65. The Morgan fingerprint density at radius 1 is 0.846 bits per heavy atom. The first-order valence-electron chi connectivity index (χ1n) is 8.21. The normalized spacial score (nSPS) is 10.8. The van der Waals surface area contributed by atoms with Gasteiger partial charge in [-0.15, -0.1) is 0 Å². The van der Waals surface area contributed by atoms with E-state index in [2.05, 4.69) is 12.1 Å². The van der Waals surface area contributed by atoms with Gasteiger partial charge in [-0.1, -0.05) is 60.7 Å². The monoisotopic (exact) mass is 343 g/mol. The van der Waals surface area contributed by atoms with Crippen LogP contribution in [0.15, 0.2) is 84.9 Å². The molecule has 4 heteroatoms. The number of carbonyl (C=O) groups excluding carboxylic acids is 1. The van der Waals surface area contributed by atoms with Gasteiger partial charge in [-0.05, 0) is 41.3 Å². The molecule has 0 bridgehead atoms. The Bertz CT molecular complexity index is 927. The summed E-state index contributed by atoms with van der Waals surface area (Å²) in [6.07, 6.45) is 3.96. The summed E-state index contributed by atoms with van der Waals surface area (Å²) >= 11 is 0. The zero-order valence-electron chi connectivity index (χ0n) is 14.0. The molecule has 3 aromatic carbocycles. The molecule has 0 aliphatic heterocycles. The minimum absolute atomic E-state index is 0.0301. The Kier molecular flexibility index (Phi) is 5.34. The van der Waals surface area contributed by atoms with Crippen molar-refractivity contribution < 1.29 is 9.72 Å². The van der Waals surface area contributed by atoms with E-state index in [0.29, 0.717) is 5.56 Å². The summed E-state index contributed by atoms with van der Waals surface area (Å²) in [6.45, 7) is 0. The third-order valence-electron chi connectivity index (χ3n) is 4.02. The molecule has 26 heavy (non-hydrogen) atoms. The first-order chi connectivity index (χ1) is 12.6. The lowest BCUT2D eigenvalue weighted by Crippen LogP contribution is -1.95. The molecule has 0 saturated carbocycles. The maximum atomic E-state index is 12.3. The van der Waals surface area contributed by atoms with Crippen molar-refractivity contribution in [2.24, 2.45) is 0 Å². The van der Waals surface area contributed by atoms with Crippen molar-refractivity contribution in [3.8, 4) is 0 Å². The van der Waals surface area contributed by atoms with Crippen LogP contribution in [0.4, 0.5) is 5.69 Å². The van der Waals surface area contributed by atoms with Gasteiger partial charge >= 0.3 is 0 Å². The van der Waals surface area contributed by atoms with Crippen LogP contribution in [-0.2, 0) is 6.42 Å². The number of allylic oxidation sites excluding steroid dienone is 1. The number of carbonyl (C=O) groups is 1. The lowest BCUT2D eigenvalue weighted by atomic mass is 10.0. The predicted octanol–water partition coefficient (Wildman–Crippen LogP) is 5.08. The zero-order chi connectivity index (χ0) is 18.4. The highest BCUT2D eigenvalue weighted by atomic mass is 16.6. The van der Waals surface area contributed by atoms with Crippen LogP contribution in [0.2, 0.25) is 0 Å². The first-order valence-corrected chi connectivity index (χ1v) is 8.21. The maximum absolute atomic E-state index is 12.3.